The van der Waals surface area contributed by atoms with Gasteiger partial charge in [0.25, 0.3) is 0 Å². The molecule has 0 radical (unpaired) electrons. The predicted octanol–water partition coefficient (Wildman–Crippen LogP) is -5.14. The topological polar surface area (TPSA) is 92.2 Å². The Labute approximate surface area is 82.0 Å². The first-order valence-electron chi connectivity index (χ1n) is 0.816. The van der Waals surface area contributed by atoms with E-state index in [2.05, 4.69) is 0 Å². The molecule has 0 aromatic heterocycles. The van der Waals surface area contributed by atoms with Gasteiger partial charge in [-0.1, -0.05) is 0 Å². The maximum Gasteiger partial charge on any atom is 2.00 e. The molecule has 0 aliphatic rings. The Morgan fingerprint density at radius 2 is 0.714 bits per heavy atom. The maximum atomic E-state index is 8.58. The van der Waals surface area contributed by atoms with Crippen molar-refractivity contribution >= 4 is 9.05 Å². The van der Waals surface area contributed by atoms with E-state index in [0.717, 1.165) is 0 Å². The second kappa shape index (κ2) is 6.03. The van der Waals surface area contributed by atoms with Crippen molar-refractivity contribution in [2.45, 2.75) is 0 Å². The Kier molecular flexibility index (Phi) is 13.7. The van der Waals surface area contributed by atoms with Crippen LogP contribution in [0.4, 0.5) is 0 Å². The van der Waals surface area contributed by atoms with Gasteiger partial charge in [-0.05, 0) is 0 Å². The summed E-state index contributed by atoms with van der Waals surface area (Å²) in [5.41, 5.74) is 0. The molecule has 0 saturated heterocycles. The van der Waals surface area contributed by atoms with E-state index in [1.54, 1.807) is 0 Å². The molecule has 0 atom stereocenters. The van der Waals surface area contributed by atoms with E-state index in [4.69, 9.17) is 19.2 Å². The summed E-state index contributed by atoms with van der Waals surface area (Å²) >= 11 is 0. The molecule has 7 heavy (non-hydrogen) atoms. The summed E-state index contributed by atoms with van der Waals surface area (Å²) in [7, 11) is -5.61. The molecule has 0 unspecified atom stereocenters. The molecule has 0 aliphatic heterocycles. The SMILES string of the molecule is [Cd+2].[Cd+2].[O-][Si]([O-])([O-])[O-]. The third-order valence-corrected chi connectivity index (χ3v) is 0. The van der Waals surface area contributed by atoms with Crippen molar-refractivity contribution in [1.82, 2.24) is 0 Å². The van der Waals surface area contributed by atoms with Crippen LogP contribution in [0.5, 0.6) is 0 Å². The zero-order valence-corrected chi connectivity index (χ0v) is 12.6. The fourth-order valence-electron chi connectivity index (χ4n) is 0. The largest absolute Gasteiger partial charge is 2.00 e. The van der Waals surface area contributed by atoms with Crippen molar-refractivity contribution in [2.75, 3.05) is 0 Å². The van der Waals surface area contributed by atoms with Crippen molar-refractivity contribution in [3.8, 4) is 0 Å². The molecule has 7 heteroatoms. The zero-order valence-electron chi connectivity index (χ0n) is 3.55. The van der Waals surface area contributed by atoms with Crippen LogP contribution in [0.15, 0.2) is 0 Å². The average molecular weight is 317 g/mol. The Balaban J connectivity index is -0.0000000800. The van der Waals surface area contributed by atoms with Crippen LogP contribution in [0.25, 0.3) is 0 Å². The molecule has 32 valence electrons. The molecular weight excluding hydrogens is 317 g/mol. The monoisotopic (exact) mass is 320 g/mol. The first-order valence-corrected chi connectivity index (χ1v) is 2.45. The molecule has 0 saturated carbocycles. The van der Waals surface area contributed by atoms with Gasteiger partial charge >= 0.3 is 54.6 Å². The molecule has 0 heterocycles. The number of rotatable bonds is 0. The minimum atomic E-state index is -5.61. The second-order valence-electron chi connectivity index (χ2n) is 0.500. The van der Waals surface area contributed by atoms with E-state index >= 15 is 0 Å². The summed E-state index contributed by atoms with van der Waals surface area (Å²) in [6.07, 6.45) is 0. The standard InChI is InChI=1S/2Cd.O4Si/c;;1-5(2,3)4/q2*+2;-4. The van der Waals surface area contributed by atoms with Crippen LogP contribution in [0, 0.1) is 0 Å². The molecule has 0 aromatic carbocycles. The molecule has 0 N–H and O–H groups in total. The van der Waals surface area contributed by atoms with Crippen molar-refractivity contribution < 1.29 is 73.8 Å². The van der Waals surface area contributed by atoms with Crippen molar-refractivity contribution in [3.63, 3.8) is 0 Å². The maximum absolute atomic E-state index is 8.58. The van der Waals surface area contributed by atoms with Crippen LogP contribution in [-0.4, -0.2) is 9.05 Å². The minimum absolute atomic E-state index is 0. The molecule has 0 amide bonds. The van der Waals surface area contributed by atoms with Gasteiger partial charge in [0.2, 0.25) is 0 Å². The van der Waals surface area contributed by atoms with Crippen LogP contribution >= 0.6 is 0 Å². The van der Waals surface area contributed by atoms with Crippen LogP contribution in [-0.2, 0) is 54.6 Å². The summed E-state index contributed by atoms with van der Waals surface area (Å²) < 4.78 is 0. The average Bonchev–Trinajstić information content (AvgIpc) is 0.722. The number of hydrogen-bond acceptors (Lipinski definition) is 4. The van der Waals surface area contributed by atoms with Gasteiger partial charge in [0.15, 0.2) is 0 Å². The summed E-state index contributed by atoms with van der Waals surface area (Å²) in [5, 5.41) is 0. The molecule has 4 nitrogen and oxygen atoms in total. The Bertz CT molecular complexity index is 25.2. The molecule has 0 aliphatic carbocycles. The van der Waals surface area contributed by atoms with E-state index < -0.39 is 9.05 Å². The zero-order chi connectivity index (χ0) is 4.50. The van der Waals surface area contributed by atoms with Crippen LogP contribution in [0.3, 0.4) is 0 Å². The quantitative estimate of drug-likeness (QED) is 0.418. The molecule has 0 spiro atoms. The summed E-state index contributed by atoms with van der Waals surface area (Å²) in [5.74, 6) is 0. The number of hydrogen-bond donors (Lipinski definition) is 0. The van der Waals surface area contributed by atoms with E-state index in [9.17, 15) is 0 Å². The molecular formula is Cd2O4Si. The third-order valence-electron chi connectivity index (χ3n) is 0. The van der Waals surface area contributed by atoms with Gasteiger partial charge < -0.3 is 28.2 Å². The van der Waals surface area contributed by atoms with Crippen molar-refractivity contribution in [1.29, 1.82) is 0 Å². The summed E-state index contributed by atoms with van der Waals surface area (Å²) in [6.45, 7) is 0. The van der Waals surface area contributed by atoms with Gasteiger partial charge in [0.05, 0.1) is 0 Å². The first-order chi connectivity index (χ1) is 2.00. The fourth-order valence-corrected chi connectivity index (χ4v) is 0. The normalized spacial score (nSPS) is 8.57. The van der Waals surface area contributed by atoms with Crippen LogP contribution in [0.2, 0.25) is 0 Å². The Hall–Kier alpha value is 1.90. The van der Waals surface area contributed by atoms with Gasteiger partial charge in [-0.15, -0.1) is 0 Å². The molecule has 0 rings (SSSR count). The predicted molar refractivity (Wildman–Crippen MR) is 5.75 cm³/mol. The Morgan fingerprint density at radius 1 is 0.714 bits per heavy atom. The smallest absolute Gasteiger partial charge is 0.894 e. The Morgan fingerprint density at radius 3 is 0.714 bits per heavy atom. The fraction of sp³-hybridized carbons (Fsp3) is 0. The molecule has 0 bridgehead atoms. The molecule has 0 aromatic rings. The van der Waals surface area contributed by atoms with Gasteiger partial charge in [-0.3, -0.25) is 0 Å². The summed E-state index contributed by atoms with van der Waals surface area (Å²) in [6, 6.07) is 0. The van der Waals surface area contributed by atoms with E-state index in [1.807, 2.05) is 0 Å². The third kappa shape index (κ3) is 76.1. The van der Waals surface area contributed by atoms with Gasteiger partial charge in [-0.2, -0.15) is 0 Å². The van der Waals surface area contributed by atoms with E-state index in [-0.39, 0.29) is 54.6 Å². The van der Waals surface area contributed by atoms with Gasteiger partial charge in [-0.25, -0.2) is 0 Å². The van der Waals surface area contributed by atoms with Gasteiger partial charge in [0.1, 0.15) is 0 Å². The van der Waals surface area contributed by atoms with E-state index in [1.165, 1.54) is 0 Å². The first kappa shape index (κ1) is 16.0. The minimum Gasteiger partial charge on any atom is -0.894 e. The molecule has 0 fully saturated rings. The van der Waals surface area contributed by atoms with E-state index in [0.29, 0.717) is 0 Å². The summed E-state index contributed by atoms with van der Waals surface area (Å²) in [4.78, 5) is 34.3. The van der Waals surface area contributed by atoms with Gasteiger partial charge in [0, 0.05) is 0 Å². The van der Waals surface area contributed by atoms with Crippen molar-refractivity contribution in [2.24, 2.45) is 0 Å². The van der Waals surface area contributed by atoms with Crippen LogP contribution in [0.1, 0.15) is 0 Å². The van der Waals surface area contributed by atoms with Crippen molar-refractivity contribution in [3.05, 3.63) is 0 Å². The van der Waals surface area contributed by atoms with Crippen LogP contribution < -0.4 is 19.2 Å². The second-order valence-corrected chi connectivity index (χ2v) is 1.50.